The number of aromatic amines is 1. The number of carbonyl (C=O) groups is 1. The number of H-pyrrole nitrogens is 1. The van der Waals surface area contributed by atoms with Gasteiger partial charge in [0.1, 0.15) is 5.65 Å². The summed E-state index contributed by atoms with van der Waals surface area (Å²) in [6, 6.07) is 2.22. The molecule has 0 atom stereocenters. The van der Waals surface area contributed by atoms with E-state index < -0.39 is 12.7 Å². The van der Waals surface area contributed by atoms with Gasteiger partial charge in [-0.3, -0.25) is 0 Å². The maximum Gasteiger partial charge on any atom is 0.493 e. The number of carbonyl (C=O) groups excluding carboxylic acids is 1. The first-order valence-electron chi connectivity index (χ1n) is 9.79. The van der Waals surface area contributed by atoms with Crippen molar-refractivity contribution in [3.05, 3.63) is 24.0 Å². The van der Waals surface area contributed by atoms with Crippen LogP contribution < -0.4 is 10.8 Å². The maximum atomic E-state index is 12.2. The minimum Gasteiger partial charge on any atom is -0.423 e. The molecule has 3 N–H and O–H groups in total. The van der Waals surface area contributed by atoms with Crippen LogP contribution in [0.3, 0.4) is 0 Å². The fraction of sp³-hybridized carbons (Fsp3) is 0.579. The maximum absolute atomic E-state index is 12.2. The third kappa shape index (κ3) is 2.50. The average Bonchev–Trinajstić information content (AvgIpc) is 3.16. The lowest BCUT2D eigenvalue weighted by Crippen LogP contribution is -2.63. The summed E-state index contributed by atoms with van der Waals surface area (Å²) >= 11 is 0. The van der Waals surface area contributed by atoms with Gasteiger partial charge in [0.25, 0.3) is 0 Å². The molecule has 1 aliphatic carbocycles. The second kappa shape index (κ2) is 5.72. The van der Waals surface area contributed by atoms with Gasteiger partial charge in [0.2, 0.25) is 0 Å². The van der Waals surface area contributed by atoms with E-state index in [1.807, 2.05) is 31.0 Å². The molecule has 8 heteroatoms. The molecule has 7 nitrogen and oxygen atoms in total. The van der Waals surface area contributed by atoms with Crippen molar-refractivity contribution in [3.63, 3.8) is 0 Å². The first kappa shape index (κ1) is 17.1. The lowest BCUT2D eigenvalue weighted by molar-refractivity contribution is -0.0702. The zero-order valence-electron chi connectivity index (χ0n) is 15.8. The summed E-state index contributed by atoms with van der Waals surface area (Å²) in [7, 11) is -0.907. The van der Waals surface area contributed by atoms with Crippen LogP contribution in [0.25, 0.3) is 11.0 Å². The number of nitrogens with zero attached hydrogens (tertiary/aromatic N) is 2. The molecule has 5 rings (SSSR count). The van der Waals surface area contributed by atoms with Crippen LogP contribution in [0.2, 0.25) is 0 Å². The molecular weight excluding hydrogens is 343 g/mol. The smallest absolute Gasteiger partial charge is 0.423 e. The Bertz CT molecular complexity index is 895. The number of likely N-dealkylation sites (tertiary alicyclic amines) is 1. The van der Waals surface area contributed by atoms with Crippen molar-refractivity contribution in [2.45, 2.75) is 51.2 Å². The third-order valence-corrected chi connectivity index (χ3v) is 6.55. The first-order chi connectivity index (χ1) is 12.9. The number of fused-ring (bicyclic) bond motifs is 4. The summed E-state index contributed by atoms with van der Waals surface area (Å²) in [5.41, 5.74) is 2.49. The average molecular weight is 368 g/mol. The second-order valence-corrected chi connectivity index (χ2v) is 8.75. The molecule has 1 saturated carbocycles. The molecule has 27 heavy (non-hydrogen) atoms. The van der Waals surface area contributed by atoms with Gasteiger partial charge in [-0.1, -0.05) is 0 Å². The second-order valence-electron chi connectivity index (χ2n) is 8.75. The van der Waals surface area contributed by atoms with Crippen LogP contribution in [-0.4, -0.2) is 52.2 Å². The molecule has 0 radical (unpaired) electrons. The summed E-state index contributed by atoms with van der Waals surface area (Å²) in [5, 5.41) is 14.5. The Balaban J connectivity index is 1.35. The van der Waals surface area contributed by atoms with E-state index in [4.69, 9.17) is 4.65 Å². The van der Waals surface area contributed by atoms with E-state index in [1.54, 1.807) is 6.20 Å². The van der Waals surface area contributed by atoms with Gasteiger partial charge in [0.05, 0.1) is 5.60 Å². The Morgan fingerprint density at radius 2 is 2.11 bits per heavy atom. The van der Waals surface area contributed by atoms with Crippen molar-refractivity contribution in [1.82, 2.24) is 20.2 Å². The predicted octanol–water partition coefficient (Wildman–Crippen LogP) is 1.47. The van der Waals surface area contributed by atoms with Crippen molar-refractivity contribution >= 4 is 29.6 Å². The minimum absolute atomic E-state index is 0.0360. The van der Waals surface area contributed by atoms with Crippen LogP contribution in [0.1, 0.15) is 45.1 Å². The highest BCUT2D eigenvalue weighted by Gasteiger charge is 2.56. The summed E-state index contributed by atoms with van der Waals surface area (Å²) in [6.45, 7) is 5.59. The number of amides is 2. The van der Waals surface area contributed by atoms with Crippen LogP contribution in [-0.2, 0) is 10.3 Å². The fourth-order valence-corrected chi connectivity index (χ4v) is 5.17. The SMILES string of the molecule is CC(C)NC(=O)N1CC2(CCC3(CC2)OB(O)c2cnc4[nH]ccc4c23)C1. The molecule has 2 aromatic heterocycles. The van der Waals surface area contributed by atoms with Gasteiger partial charge in [-0.2, -0.15) is 0 Å². The Hall–Kier alpha value is -2.06. The normalized spacial score (nSPS) is 22.5. The van der Waals surface area contributed by atoms with Crippen molar-refractivity contribution in [1.29, 1.82) is 0 Å². The fourth-order valence-electron chi connectivity index (χ4n) is 5.17. The Kier molecular flexibility index (Phi) is 3.62. The standard InChI is InChI=1S/C19H25BN4O3/c1-12(2)23-17(25)24-10-18(11-24)4-6-19(7-5-18)15-13-3-8-21-16(13)22-9-14(15)20(26)27-19/h3,8-9,12,26H,4-7,10-11H2,1-2H3,(H,21,22)(H,23,25). The molecule has 1 saturated heterocycles. The number of rotatable bonds is 1. The van der Waals surface area contributed by atoms with Gasteiger partial charge in [-0.25, -0.2) is 9.78 Å². The van der Waals surface area contributed by atoms with Crippen LogP contribution in [0.15, 0.2) is 18.5 Å². The van der Waals surface area contributed by atoms with Gasteiger partial charge >= 0.3 is 13.1 Å². The number of hydrogen-bond donors (Lipinski definition) is 3. The molecule has 142 valence electrons. The number of urea groups is 1. The largest absolute Gasteiger partial charge is 0.493 e. The van der Waals surface area contributed by atoms with E-state index in [1.165, 1.54) is 0 Å². The van der Waals surface area contributed by atoms with Crippen molar-refractivity contribution in [2.75, 3.05) is 13.1 Å². The van der Waals surface area contributed by atoms with E-state index in [0.29, 0.717) is 0 Å². The third-order valence-electron chi connectivity index (χ3n) is 6.55. The molecule has 2 aliphatic heterocycles. The summed E-state index contributed by atoms with van der Waals surface area (Å²) in [4.78, 5) is 21.7. The van der Waals surface area contributed by atoms with E-state index >= 15 is 0 Å². The Labute approximate surface area is 158 Å². The zero-order valence-corrected chi connectivity index (χ0v) is 15.8. The van der Waals surface area contributed by atoms with E-state index in [9.17, 15) is 9.82 Å². The van der Waals surface area contributed by atoms with Gasteiger partial charge < -0.3 is 24.9 Å². The van der Waals surface area contributed by atoms with Gasteiger partial charge in [-0.15, -0.1) is 0 Å². The first-order valence-corrected chi connectivity index (χ1v) is 9.79. The molecule has 0 aromatic carbocycles. The molecule has 2 amide bonds. The van der Waals surface area contributed by atoms with E-state index in [0.717, 1.165) is 60.8 Å². The summed E-state index contributed by atoms with van der Waals surface area (Å²) < 4.78 is 6.14. The highest BCUT2D eigenvalue weighted by Crippen LogP contribution is 2.53. The lowest BCUT2D eigenvalue weighted by atomic mass is 9.63. The van der Waals surface area contributed by atoms with Gasteiger partial charge in [0.15, 0.2) is 0 Å². The Morgan fingerprint density at radius 3 is 2.81 bits per heavy atom. The monoisotopic (exact) mass is 368 g/mol. The summed E-state index contributed by atoms with van der Waals surface area (Å²) in [5.74, 6) is 0. The topological polar surface area (TPSA) is 90.5 Å². The number of nitrogens with one attached hydrogen (secondary N) is 2. The molecule has 2 spiro atoms. The molecule has 0 bridgehead atoms. The van der Waals surface area contributed by atoms with Crippen LogP contribution in [0.5, 0.6) is 0 Å². The minimum atomic E-state index is -0.907. The molecule has 2 fully saturated rings. The van der Waals surface area contributed by atoms with Crippen LogP contribution in [0.4, 0.5) is 4.79 Å². The summed E-state index contributed by atoms with van der Waals surface area (Å²) in [6.07, 6.45) is 7.34. The molecule has 4 heterocycles. The molecule has 0 unspecified atom stereocenters. The van der Waals surface area contributed by atoms with E-state index in [-0.39, 0.29) is 17.5 Å². The highest BCUT2D eigenvalue weighted by molar-refractivity contribution is 6.62. The highest BCUT2D eigenvalue weighted by atomic mass is 16.5. The molecule has 2 aromatic rings. The molecule has 3 aliphatic rings. The van der Waals surface area contributed by atoms with Gasteiger partial charge in [-0.05, 0) is 51.2 Å². The number of pyridine rings is 1. The number of hydrogen-bond acceptors (Lipinski definition) is 4. The van der Waals surface area contributed by atoms with Crippen molar-refractivity contribution in [2.24, 2.45) is 5.41 Å². The van der Waals surface area contributed by atoms with Crippen molar-refractivity contribution in [3.8, 4) is 0 Å². The van der Waals surface area contributed by atoms with Crippen LogP contribution >= 0.6 is 0 Å². The van der Waals surface area contributed by atoms with Crippen LogP contribution in [0, 0.1) is 5.41 Å². The van der Waals surface area contributed by atoms with Crippen molar-refractivity contribution < 1.29 is 14.5 Å². The zero-order chi connectivity index (χ0) is 18.8. The van der Waals surface area contributed by atoms with Gasteiger partial charge in [0, 0.05) is 47.8 Å². The predicted molar refractivity (Wildman–Crippen MR) is 103 cm³/mol. The quantitative estimate of drug-likeness (QED) is 0.665. The number of aromatic nitrogens is 2. The van der Waals surface area contributed by atoms with E-state index in [2.05, 4.69) is 15.3 Å². The lowest BCUT2D eigenvalue weighted by Gasteiger charge is -2.55. The molecular formula is C19H25BN4O3. The Morgan fingerprint density at radius 1 is 1.37 bits per heavy atom.